The van der Waals surface area contributed by atoms with E-state index in [1.807, 2.05) is 0 Å². The van der Waals surface area contributed by atoms with Gasteiger partial charge in [-0.05, 0) is 25.3 Å². The smallest absolute Gasteiger partial charge is 0.220 e. The molecule has 3 heteroatoms. The summed E-state index contributed by atoms with van der Waals surface area (Å²) in [4.78, 5) is 11.2. The van der Waals surface area contributed by atoms with Crippen LogP contribution in [0.1, 0.15) is 46.0 Å². The summed E-state index contributed by atoms with van der Waals surface area (Å²) in [5.41, 5.74) is 5.38. The zero-order valence-corrected chi connectivity index (χ0v) is 9.51. The van der Waals surface area contributed by atoms with Crippen molar-refractivity contribution in [3.63, 3.8) is 0 Å². The SMILES string of the molecule is CC(C)CC(=O)NCCCCCCN. The molecule has 1 amide bonds. The highest BCUT2D eigenvalue weighted by molar-refractivity contribution is 5.75. The topological polar surface area (TPSA) is 55.1 Å². The molecule has 3 nitrogen and oxygen atoms in total. The summed E-state index contributed by atoms with van der Waals surface area (Å²) >= 11 is 0. The van der Waals surface area contributed by atoms with Crippen molar-refractivity contribution in [1.29, 1.82) is 0 Å². The molecule has 0 spiro atoms. The van der Waals surface area contributed by atoms with Crippen LogP contribution in [0.25, 0.3) is 0 Å². The number of nitrogens with two attached hydrogens (primary N) is 1. The van der Waals surface area contributed by atoms with Gasteiger partial charge >= 0.3 is 0 Å². The second-order valence-corrected chi connectivity index (χ2v) is 4.15. The molecule has 0 aliphatic rings. The highest BCUT2D eigenvalue weighted by Crippen LogP contribution is 1.99. The molecule has 0 saturated heterocycles. The third-order valence-electron chi connectivity index (χ3n) is 2.05. The summed E-state index contributed by atoms with van der Waals surface area (Å²) in [6.07, 6.45) is 5.16. The average Bonchev–Trinajstić information content (AvgIpc) is 2.10. The van der Waals surface area contributed by atoms with Gasteiger partial charge in [0.15, 0.2) is 0 Å². The molecule has 0 aliphatic heterocycles. The molecule has 0 radical (unpaired) electrons. The lowest BCUT2D eigenvalue weighted by Crippen LogP contribution is -2.25. The number of hydrogen-bond donors (Lipinski definition) is 2. The quantitative estimate of drug-likeness (QED) is 0.586. The van der Waals surface area contributed by atoms with Gasteiger partial charge in [0.25, 0.3) is 0 Å². The summed E-state index contributed by atoms with van der Waals surface area (Å²) in [6.45, 7) is 5.71. The van der Waals surface area contributed by atoms with Crippen LogP contribution < -0.4 is 11.1 Å². The molecular formula is C11H24N2O. The van der Waals surface area contributed by atoms with E-state index >= 15 is 0 Å². The standard InChI is InChI=1S/C11H24N2O/c1-10(2)9-11(14)13-8-6-4-3-5-7-12/h10H,3-9,12H2,1-2H3,(H,13,14). The summed E-state index contributed by atoms with van der Waals surface area (Å²) < 4.78 is 0. The number of rotatable bonds is 8. The highest BCUT2D eigenvalue weighted by atomic mass is 16.1. The average molecular weight is 200 g/mol. The van der Waals surface area contributed by atoms with Gasteiger partial charge < -0.3 is 11.1 Å². The fourth-order valence-electron chi connectivity index (χ4n) is 1.29. The molecule has 0 bridgehead atoms. The van der Waals surface area contributed by atoms with Crippen molar-refractivity contribution < 1.29 is 4.79 Å². The number of nitrogens with one attached hydrogen (secondary N) is 1. The third-order valence-corrected chi connectivity index (χ3v) is 2.05. The van der Waals surface area contributed by atoms with E-state index in [0.29, 0.717) is 12.3 Å². The van der Waals surface area contributed by atoms with Crippen LogP contribution in [0.15, 0.2) is 0 Å². The first-order valence-electron chi connectivity index (χ1n) is 5.63. The predicted octanol–water partition coefficient (Wildman–Crippen LogP) is 1.67. The van der Waals surface area contributed by atoms with Crippen LogP contribution in [0, 0.1) is 5.92 Å². The molecule has 0 unspecified atom stereocenters. The van der Waals surface area contributed by atoms with Crippen LogP contribution in [0.3, 0.4) is 0 Å². The van der Waals surface area contributed by atoms with Crippen LogP contribution in [0.5, 0.6) is 0 Å². The minimum absolute atomic E-state index is 0.179. The van der Waals surface area contributed by atoms with E-state index in [-0.39, 0.29) is 5.91 Å². The molecule has 0 aromatic heterocycles. The Morgan fingerprint density at radius 1 is 1.21 bits per heavy atom. The first-order chi connectivity index (χ1) is 6.66. The maximum absolute atomic E-state index is 11.2. The fraction of sp³-hybridized carbons (Fsp3) is 0.909. The van der Waals surface area contributed by atoms with Gasteiger partial charge in [-0.1, -0.05) is 26.7 Å². The molecular weight excluding hydrogens is 176 g/mol. The van der Waals surface area contributed by atoms with Gasteiger partial charge in [0.1, 0.15) is 0 Å². The van der Waals surface area contributed by atoms with Crippen LogP contribution in [-0.4, -0.2) is 19.0 Å². The van der Waals surface area contributed by atoms with E-state index < -0.39 is 0 Å². The Morgan fingerprint density at radius 3 is 2.43 bits per heavy atom. The van der Waals surface area contributed by atoms with Crippen LogP contribution >= 0.6 is 0 Å². The maximum Gasteiger partial charge on any atom is 0.220 e. The molecule has 0 aromatic rings. The van der Waals surface area contributed by atoms with E-state index in [0.717, 1.165) is 25.9 Å². The van der Waals surface area contributed by atoms with Gasteiger partial charge in [0.2, 0.25) is 5.91 Å². The lowest BCUT2D eigenvalue weighted by Gasteiger charge is -2.06. The number of unbranched alkanes of at least 4 members (excludes halogenated alkanes) is 3. The van der Waals surface area contributed by atoms with E-state index in [4.69, 9.17) is 5.73 Å². The van der Waals surface area contributed by atoms with Gasteiger partial charge in [0, 0.05) is 13.0 Å². The number of carbonyl (C=O) groups excluding carboxylic acids is 1. The summed E-state index contributed by atoms with van der Waals surface area (Å²) in [5, 5.41) is 2.92. The second-order valence-electron chi connectivity index (χ2n) is 4.15. The molecule has 14 heavy (non-hydrogen) atoms. The number of carbonyl (C=O) groups is 1. The van der Waals surface area contributed by atoms with Gasteiger partial charge in [-0.25, -0.2) is 0 Å². The molecule has 0 fully saturated rings. The van der Waals surface area contributed by atoms with Crippen molar-refractivity contribution in [2.45, 2.75) is 46.0 Å². The maximum atomic E-state index is 11.2. The second kappa shape index (κ2) is 9.00. The van der Waals surface area contributed by atoms with Crippen molar-refractivity contribution in [2.75, 3.05) is 13.1 Å². The zero-order chi connectivity index (χ0) is 10.8. The first kappa shape index (κ1) is 13.4. The molecule has 0 heterocycles. The molecule has 0 aromatic carbocycles. The van der Waals surface area contributed by atoms with Gasteiger partial charge in [-0.3, -0.25) is 4.79 Å². The summed E-state index contributed by atoms with van der Waals surface area (Å²) in [6, 6.07) is 0. The molecule has 84 valence electrons. The molecule has 0 saturated carbocycles. The van der Waals surface area contributed by atoms with E-state index in [2.05, 4.69) is 19.2 Å². The summed E-state index contributed by atoms with van der Waals surface area (Å²) in [7, 11) is 0. The molecule has 0 rings (SSSR count). The van der Waals surface area contributed by atoms with Crippen LogP contribution in [-0.2, 0) is 4.79 Å². The van der Waals surface area contributed by atoms with E-state index in [1.54, 1.807) is 0 Å². The number of amides is 1. The zero-order valence-electron chi connectivity index (χ0n) is 9.51. The summed E-state index contributed by atoms with van der Waals surface area (Å²) in [5.74, 6) is 0.631. The van der Waals surface area contributed by atoms with Crippen LogP contribution in [0.2, 0.25) is 0 Å². The van der Waals surface area contributed by atoms with E-state index in [1.165, 1.54) is 12.8 Å². The molecule has 3 N–H and O–H groups in total. The normalized spacial score (nSPS) is 10.6. The minimum atomic E-state index is 0.179. The van der Waals surface area contributed by atoms with Crippen LogP contribution in [0.4, 0.5) is 0 Å². The molecule has 0 atom stereocenters. The van der Waals surface area contributed by atoms with Crippen molar-refractivity contribution in [3.05, 3.63) is 0 Å². The van der Waals surface area contributed by atoms with E-state index in [9.17, 15) is 4.79 Å². The van der Waals surface area contributed by atoms with Gasteiger partial charge in [-0.15, -0.1) is 0 Å². The van der Waals surface area contributed by atoms with Crippen molar-refractivity contribution >= 4 is 5.91 Å². The lowest BCUT2D eigenvalue weighted by atomic mass is 10.1. The Balaban J connectivity index is 3.15. The Hall–Kier alpha value is -0.570. The Morgan fingerprint density at radius 2 is 1.86 bits per heavy atom. The first-order valence-corrected chi connectivity index (χ1v) is 5.63. The van der Waals surface area contributed by atoms with Crippen molar-refractivity contribution in [1.82, 2.24) is 5.32 Å². The minimum Gasteiger partial charge on any atom is -0.356 e. The van der Waals surface area contributed by atoms with Gasteiger partial charge in [-0.2, -0.15) is 0 Å². The largest absolute Gasteiger partial charge is 0.356 e. The predicted molar refractivity (Wildman–Crippen MR) is 60.0 cm³/mol. The Kier molecular flexibility index (Phi) is 8.64. The monoisotopic (exact) mass is 200 g/mol. The third kappa shape index (κ3) is 9.52. The van der Waals surface area contributed by atoms with Gasteiger partial charge in [0.05, 0.1) is 0 Å². The lowest BCUT2D eigenvalue weighted by molar-refractivity contribution is -0.121. The fourth-order valence-corrected chi connectivity index (χ4v) is 1.29. The Bertz CT molecular complexity index is 146. The van der Waals surface area contributed by atoms with Crippen molar-refractivity contribution in [3.8, 4) is 0 Å². The Labute approximate surface area is 87.4 Å². The molecule has 0 aliphatic carbocycles. The number of hydrogen-bond acceptors (Lipinski definition) is 2. The highest BCUT2D eigenvalue weighted by Gasteiger charge is 2.02. The van der Waals surface area contributed by atoms with Crippen molar-refractivity contribution in [2.24, 2.45) is 11.7 Å².